The van der Waals surface area contributed by atoms with Gasteiger partial charge in [0.05, 0.1) is 6.54 Å². The normalized spacial score (nSPS) is 20.0. The van der Waals surface area contributed by atoms with Crippen LogP contribution >= 0.6 is 0 Å². The largest absolute Gasteiger partial charge is 0.352 e. The van der Waals surface area contributed by atoms with Gasteiger partial charge in [0, 0.05) is 18.6 Å². The molecule has 0 radical (unpaired) electrons. The van der Waals surface area contributed by atoms with Crippen LogP contribution in [0.1, 0.15) is 45.4 Å². The molecular weight excluding hydrogens is 214 g/mol. The highest BCUT2D eigenvalue weighted by atomic mass is 16.2. The lowest BCUT2D eigenvalue weighted by Crippen LogP contribution is -2.45. The van der Waals surface area contributed by atoms with Gasteiger partial charge in [-0.15, -0.1) is 0 Å². The second kappa shape index (κ2) is 7.67. The van der Waals surface area contributed by atoms with E-state index in [2.05, 4.69) is 5.32 Å². The van der Waals surface area contributed by atoms with Crippen LogP contribution in [-0.2, 0) is 4.79 Å². The summed E-state index contributed by atoms with van der Waals surface area (Å²) in [4.78, 5) is 13.9. The number of nitrogens with zero attached hydrogens (tertiary/aromatic N) is 1. The number of amides is 1. The zero-order valence-corrected chi connectivity index (χ0v) is 11.2. The maximum Gasteiger partial charge on any atom is 0.234 e. The van der Waals surface area contributed by atoms with E-state index in [1.807, 2.05) is 18.9 Å². The van der Waals surface area contributed by atoms with Crippen LogP contribution in [-0.4, -0.2) is 43.0 Å². The standard InChI is InChI=1S/C13H27N3O/c1-11(9-14)16(2)10-13(17)15-12-7-5-3-4-6-8-12/h11-12H,3-10,14H2,1-2H3,(H,15,17). The number of rotatable bonds is 5. The van der Waals surface area contributed by atoms with E-state index in [9.17, 15) is 4.79 Å². The Bertz CT molecular complexity index is 225. The first-order chi connectivity index (χ1) is 8.13. The summed E-state index contributed by atoms with van der Waals surface area (Å²) >= 11 is 0. The summed E-state index contributed by atoms with van der Waals surface area (Å²) < 4.78 is 0. The molecule has 0 heterocycles. The van der Waals surface area contributed by atoms with Crippen molar-refractivity contribution in [2.75, 3.05) is 20.1 Å². The predicted molar refractivity (Wildman–Crippen MR) is 70.8 cm³/mol. The molecule has 1 aliphatic carbocycles. The average molecular weight is 241 g/mol. The second-order valence-electron chi connectivity index (χ2n) is 5.26. The van der Waals surface area contributed by atoms with Crippen molar-refractivity contribution in [1.29, 1.82) is 0 Å². The van der Waals surface area contributed by atoms with Crippen LogP contribution in [0.3, 0.4) is 0 Å². The van der Waals surface area contributed by atoms with Crippen LogP contribution in [0.5, 0.6) is 0 Å². The van der Waals surface area contributed by atoms with E-state index in [-0.39, 0.29) is 11.9 Å². The lowest BCUT2D eigenvalue weighted by molar-refractivity contribution is -0.123. The van der Waals surface area contributed by atoms with Gasteiger partial charge in [-0.1, -0.05) is 25.7 Å². The molecule has 0 bridgehead atoms. The molecule has 17 heavy (non-hydrogen) atoms. The summed E-state index contributed by atoms with van der Waals surface area (Å²) in [6.07, 6.45) is 7.41. The van der Waals surface area contributed by atoms with E-state index in [0.29, 0.717) is 19.1 Å². The molecule has 0 aliphatic heterocycles. The molecule has 1 atom stereocenters. The van der Waals surface area contributed by atoms with E-state index in [0.717, 1.165) is 12.8 Å². The van der Waals surface area contributed by atoms with Crippen LogP contribution in [0.4, 0.5) is 0 Å². The number of nitrogens with one attached hydrogen (secondary N) is 1. The Labute approximate surface area is 105 Å². The third-order valence-corrected chi connectivity index (χ3v) is 3.71. The van der Waals surface area contributed by atoms with Gasteiger partial charge in [-0.05, 0) is 26.8 Å². The highest BCUT2D eigenvalue weighted by molar-refractivity contribution is 5.78. The summed E-state index contributed by atoms with van der Waals surface area (Å²) in [6, 6.07) is 0.654. The van der Waals surface area contributed by atoms with Gasteiger partial charge in [0.1, 0.15) is 0 Å². The Morgan fingerprint density at radius 1 is 1.35 bits per heavy atom. The van der Waals surface area contributed by atoms with E-state index >= 15 is 0 Å². The fourth-order valence-electron chi connectivity index (χ4n) is 2.26. The summed E-state index contributed by atoms with van der Waals surface area (Å²) in [5.41, 5.74) is 5.58. The lowest BCUT2D eigenvalue weighted by Gasteiger charge is -2.24. The molecule has 3 N–H and O–H groups in total. The van der Waals surface area contributed by atoms with Crippen LogP contribution in [0, 0.1) is 0 Å². The Morgan fingerprint density at radius 2 is 1.94 bits per heavy atom. The Kier molecular flexibility index (Phi) is 6.52. The third kappa shape index (κ3) is 5.50. The first-order valence-electron chi connectivity index (χ1n) is 6.83. The number of nitrogens with two attached hydrogens (primary N) is 1. The minimum Gasteiger partial charge on any atom is -0.352 e. The molecular formula is C13H27N3O. The fraction of sp³-hybridized carbons (Fsp3) is 0.923. The highest BCUT2D eigenvalue weighted by Gasteiger charge is 2.17. The molecule has 1 rings (SSSR count). The van der Waals surface area contributed by atoms with Crippen molar-refractivity contribution >= 4 is 5.91 Å². The molecule has 0 spiro atoms. The smallest absolute Gasteiger partial charge is 0.234 e. The van der Waals surface area contributed by atoms with Crippen molar-refractivity contribution in [2.45, 2.75) is 57.5 Å². The summed E-state index contributed by atoms with van der Waals surface area (Å²) in [5, 5.41) is 3.15. The molecule has 1 fully saturated rings. The van der Waals surface area contributed by atoms with Gasteiger partial charge >= 0.3 is 0 Å². The zero-order valence-electron chi connectivity index (χ0n) is 11.2. The molecule has 0 saturated heterocycles. The maximum atomic E-state index is 11.9. The molecule has 0 aromatic heterocycles. The molecule has 100 valence electrons. The molecule has 4 heteroatoms. The van der Waals surface area contributed by atoms with Crippen molar-refractivity contribution < 1.29 is 4.79 Å². The van der Waals surface area contributed by atoms with Crippen LogP contribution < -0.4 is 11.1 Å². The highest BCUT2D eigenvalue weighted by Crippen LogP contribution is 2.17. The van der Waals surface area contributed by atoms with E-state index in [1.54, 1.807) is 0 Å². The lowest BCUT2D eigenvalue weighted by atomic mass is 10.1. The first kappa shape index (κ1) is 14.5. The van der Waals surface area contributed by atoms with Gasteiger partial charge in [0.2, 0.25) is 5.91 Å². The Balaban J connectivity index is 2.27. The summed E-state index contributed by atoms with van der Waals surface area (Å²) in [6.45, 7) is 3.08. The second-order valence-corrected chi connectivity index (χ2v) is 5.26. The van der Waals surface area contributed by atoms with Crippen molar-refractivity contribution in [3.8, 4) is 0 Å². The van der Waals surface area contributed by atoms with E-state index in [4.69, 9.17) is 5.73 Å². The van der Waals surface area contributed by atoms with Crippen LogP contribution in [0.2, 0.25) is 0 Å². The molecule has 0 aromatic carbocycles. The van der Waals surface area contributed by atoms with Gasteiger partial charge in [-0.25, -0.2) is 0 Å². The molecule has 0 aromatic rings. The van der Waals surface area contributed by atoms with E-state index in [1.165, 1.54) is 25.7 Å². The van der Waals surface area contributed by atoms with Gasteiger partial charge < -0.3 is 11.1 Å². The summed E-state index contributed by atoms with van der Waals surface area (Å²) in [7, 11) is 1.95. The molecule has 1 aliphatic rings. The van der Waals surface area contributed by atoms with Gasteiger partial charge in [0.25, 0.3) is 0 Å². The third-order valence-electron chi connectivity index (χ3n) is 3.71. The first-order valence-corrected chi connectivity index (χ1v) is 6.83. The van der Waals surface area contributed by atoms with Crippen molar-refractivity contribution in [1.82, 2.24) is 10.2 Å². The van der Waals surface area contributed by atoms with Crippen LogP contribution in [0.15, 0.2) is 0 Å². The molecule has 1 saturated carbocycles. The predicted octanol–water partition coefficient (Wildman–Crippen LogP) is 1.10. The fourth-order valence-corrected chi connectivity index (χ4v) is 2.26. The van der Waals surface area contributed by atoms with Gasteiger partial charge in [0.15, 0.2) is 0 Å². The van der Waals surface area contributed by atoms with Crippen LogP contribution in [0.25, 0.3) is 0 Å². The quantitative estimate of drug-likeness (QED) is 0.709. The number of hydrogen-bond donors (Lipinski definition) is 2. The SMILES string of the molecule is CC(CN)N(C)CC(=O)NC1CCCCCC1. The topological polar surface area (TPSA) is 58.4 Å². The number of hydrogen-bond acceptors (Lipinski definition) is 3. The number of carbonyl (C=O) groups is 1. The van der Waals surface area contributed by atoms with Crippen molar-refractivity contribution in [3.63, 3.8) is 0 Å². The van der Waals surface area contributed by atoms with Gasteiger partial charge in [-0.3, -0.25) is 9.69 Å². The number of likely N-dealkylation sites (N-methyl/N-ethyl adjacent to an activating group) is 1. The van der Waals surface area contributed by atoms with Gasteiger partial charge in [-0.2, -0.15) is 0 Å². The molecule has 1 unspecified atom stereocenters. The number of carbonyl (C=O) groups excluding carboxylic acids is 1. The average Bonchev–Trinajstić information content (AvgIpc) is 2.56. The van der Waals surface area contributed by atoms with Crippen molar-refractivity contribution in [2.24, 2.45) is 5.73 Å². The maximum absolute atomic E-state index is 11.9. The summed E-state index contributed by atoms with van der Waals surface area (Å²) in [5.74, 6) is 0.139. The minimum atomic E-state index is 0.139. The Morgan fingerprint density at radius 3 is 2.47 bits per heavy atom. The monoisotopic (exact) mass is 241 g/mol. The zero-order chi connectivity index (χ0) is 12.7. The molecule has 4 nitrogen and oxygen atoms in total. The van der Waals surface area contributed by atoms with Crippen molar-refractivity contribution in [3.05, 3.63) is 0 Å². The Hall–Kier alpha value is -0.610. The molecule has 1 amide bonds. The minimum absolute atomic E-state index is 0.139. The van der Waals surface area contributed by atoms with E-state index < -0.39 is 0 Å².